The SMILES string of the molecule is Cn1cc(-c2ccc(Cl)cc2)nc1CO. The molecule has 3 nitrogen and oxygen atoms in total. The van der Waals surface area contributed by atoms with Crippen LogP contribution in [0.5, 0.6) is 0 Å². The van der Waals surface area contributed by atoms with E-state index in [9.17, 15) is 0 Å². The molecule has 0 saturated heterocycles. The number of imidazole rings is 1. The number of aliphatic hydroxyl groups excluding tert-OH is 1. The molecule has 1 aromatic heterocycles. The Bertz CT molecular complexity index is 462. The second kappa shape index (κ2) is 4.04. The third-order valence-electron chi connectivity index (χ3n) is 2.25. The molecule has 0 unspecified atom stereocenters. The van der Waals surface area contributed by atoms with Gasteiger partial charge in [-0.25, -0.2) is 4.98 Å². The minimum atomic E-state index is -0.0515. The van der Waals surface area contributed by atoms with Crippen molar-refractivity contribution in [2.45, 2.75) is 6.61 Å². The molecule has 0 bridgehead atoms. The normalized spacial score (nSPS) is 10.6. The smallest absolute Gasteiger partial charge is 0.134 e. The lowest BCUT2D eigenvalue weighted by Gasteiger charge is -1.95. The van der Waals surface area contributed by atoms with Crippen LogP contribution in [-0.4, -0.2) is 14.7 Å². The molecule has 0 fully saturated rings. The summed E-state index contributed by atoms with van der Waals surface area (Å²) in [6.07, 6.45) is 1.88. The minimum absolute atomic E-state index is 0.0515. The van der Waals surface area contributed by atoms with E-state index in [-0.39, 0.29) is 6.61 Å². The van der Waals surface area contributed by atoms with Gasteiger partial charge in [0.25, 0.3) is 0 Å². The standard InChI is InChI=1S/C11H11ClN2O/c1-14-6-10(13-11(14)7-15)8-2-4-9(12)5-3-8/h2-6,15H,7H2,1H3. The van der Waals surface area contributed by atoms with E-state index in [4.69, 9.17) is 16.7 Å². The molecule has 0 spiro atoms. The summed E-state index contributed by atoms with van der Waals surface area (Å²) in [5, 5.41) is 9.72. The Kier molecular flexibility index (Phi) is 2.75. The van der Waals surface area contributed by atoms with Gasteiger partial charge in [-0.2, -0.15) is 0 Å². The van der Waals surface area contributed by atoms with Crippen LogP contribution in [0.1, 0.15) is 5.82 Å². The number of aromatic nitrogens is 2. The summed E-state index contributed by atoms with van der Waals surface area (Å²) in [5.74, 6) is 0.653. The second-order valence-electron chi connectivity index (χ2n) is 3.32. The molecule has 2 rings (SSSR count). The van der Waals surface area contributed by atoms with Gasteiger partial charge in [-0.15, -0.1) is 0 Å². The van der Waals surface area contributed by atoms with Crippen LogP contribution in [-0.2, 0) is 13.7 Å². The van der Waals surface area contributed by atoms with Gasteiger partial charge < -0.3 is 9.67 Å². The number of hydrogen-bond acceptors (Lipinski definition) is 2. The van der Waals surface area contributed by atoms with E-state index >= 15 is 0 Å². The first-order valence-electron chi connectivity index (χ1n) is 4.60. The maximum absolute atomic E-state index is 9.02. The summed E-state index contributed by atoms with van der Waals surface area (Å²) in [5.41, 5.74) is 1.84. The largest absolute Gasteiger partial charge is 0.388 e. The Balaban J connectivity index is 2.41. The number of nitrogens with zero attached hydrogens (tertiary/aromatic N) is 2. The lowest BCUT2D eigenvalue weighted by Crippen LogP contribution is -1.94. The molecule has 1 aromatic carbocycles. The molecule has 78 valence electrons. The van der Waals surface area contributed by atoms with Crippen molar-refractivity contribution in [3.8, 4) is 11.3 Å². The van der Waals surface area contributed by atoms with Crippen LogP contribution in [0, 0.1) is 0 Å². The molecule has 4 heteroatoms. The summed E-state index contributed by atoms with van der Waals surface area (Å²) in [6, 6.07) is 7.46. The highest BCUT2D eigenvalue weighted by molar-refractivity contribution is 6.30. The Morgan fingerprint density at radius 3 is 2.53 bits per heavy atom. The molecule has 2 aromatic rings. The molecule has 1 heterocycles. The van der Waals surface area contributed by atoms with Crippen molar-refractivity contribution in [3.63, 3.8) is 0 Å². The van der Waals surface area contributed by atoms with Crippen LogP contribution in [0.15, 0.2) is 30.5 Å². The highest BCUT2D eigenvalue weighted by atomic mass is 35.5. The van der Waals surface area contributed by atoms with E-state index in [0.717, 1.165) is 11.3 Å². The van der Waals surface area contributed by atoms with Crippen LogP contribution in [0.3, 0.4) is 0 Å². The Labute approximate surface area is 93.0 Å². The Morgan fingerprint density at radius 2 is 2.00 bits per heavy atom. The van der Waals surface area contributed by atoms with Gasteiger partial charge in [0.15, 0.2) is 0 Å². The van der Waals surface area contributed by atoms with Gasteiger partial charge in [-0.3, -0.25) is 0 Å². The second-order valence-corrected chi connectivity index (χ2v) is 3.75. The Hall–Kier alpha value is -1.32. The van der Waals surface area contributed by atoms with Gasteiger partial charge in [0, 0.05) is 23.8 Å². The van der Waals surface area contributed by atoms with Crippen LogP contribution in [0.4, 0.5) is 0 Å². The first kappa shape index (κ1) is 10.2. The summed E-state index contributed by atoms with van der Waals surface area (Å²) < 4.78 is 1.81. The van der Waals surface area contributed by atoms with Crippen molar-refractivity contribution in [1.82, 2.24) is 9.55 Å². The highest BCUT2D eigenvalue weighted by Gasteiger charge is 2.05. The summed E-state index contributed by atoms with van der Waals surface area (Å²) in [6.45, 7) is -0.0515. The van der Waals surface area contributed by atoms with Gasteiger partial charge in [0.2, 0.25) is 0 Å². The van der Waals surface area contributed by atoms with E-state index in [0.29, 0.717) is 10.8 Å². The van der Waals surface area contributed by atoms with Crippen LogP contribution in [0.25, 0.3) is 11.3 Å². The third kappa shape index (κ3) is 2.03. The Morgan fingerprint density at radius 1 is 1.33 bits per heavy atom. The number of hydrogen-bond donors (Lipinski definition) is 1. The molecule has 0 aliphatic heterocycles. The zero-order valence-electron chi connectivity index (χ0n) is 8.31. The quantitative estimate of drug-likeness (QED) is 0.846. The summed E-state index contributed by atoms with van der Waals surface area (Å²) in [7, 11) is 1.86. The zero-order chi connectivity index (χ0) is 10.8. The summed E-state index contributed by atoms with van der Waals surface area (Å²) in [4.78, 5) is 4.30. The lowest BCUT2D eigenvalue weighted by molar-refractivity contribution is 0.267. The third-order valence-corrected chi connectivity index (χ3v) is 2.51. The molecule has 0 radical (unpaired) electrons. The van der Waals surface area contributed by atoms with Gasteiger partial charge in [0.05, 0.1) is 5.69 Å². The van der Waals surface area contributed by atoms with Crippen molar-refractivity contribution in [2.24, 2.45) is 7.05 Å². The number of halogens is 1. The molecular weight excluding hydrogens is 212 g/mol. The van der Waals surface area contributed by atoms with Crippen molar-refractivity contribution in [2.75, 3.05) is 0 Å². The highest BCUT2D eigenvalue weighted by Crippen LogP contribution is 2.20. The molecule has 15 heavy (non-hydrogen) atoms. The maximum Gasteiger partial charge on any atom is 0.134 e. The van der Waals surface area contributed by atoms with Gasteiger partial charge in [-0.05, 0) is 12.1 Å². The zero-order valence-corrected chi connectivity index (χ0v) is 9.07. The van der Waals surface area contributed by atoms with E-state index in [1.54, 1.807) is 0 Å². The average Bonchev–Trinajstić information content (AvgIpc) is 2.61. The summed E-state index contributed by atoms with van der Waals surface area (Å²) >= 11 is 5.80. The minimum Gasteiger partial charge on any atom is -0.388 e. The number of aryl methyl sites for hydroxylation is 1. The molecule has 0 atom stereocenters. The number of rotatable bonds is 2. The van der Waals surface area contributed by atoms with Crippen molar-refractivity contribution in [1.29, 1.82) is 0 Å². The van der Waals surface area contributed by atoms with Gasteiger partial charge in [-0.1, -0.05) is 23.7 Å². The van der Waals surface area contributed by atoms with E-state index < -0.39 is 0 Å². The fourth-order valence-electron chi connectivity index (χ4n) is 1.41. The molecule has 0 amide bonds. The topological polar surface area (TPSA) is 38.0 Å². The van der Waals surface area contributed by atoms with Crippen LogP contribution in [0.2, 0.25) is 5.02 Å². The van der Waals surface area contributed by atoms with Crippen molar-refractivity contribution >= 4 is 11.6 Å². The average molecular weight is 223 g/mol. The van der Waals surface area contributed by atoms with E-state index in [1.165, 1.54) is 0 Å². The molecule has 0 saturated carbocycles. The van der Waals surface area contributed by atoms with Crippen LogP contribution < -0.4 is 0 Å². The van der Waals surface area contributed by atoms with Crippen molar-refractivity contribution < 1.29 is 5.11 Å². The number of aliphatic hydroxyl groups is 1. The monoisotopic (exact) mass is 222 g/mol. The van der Waals surface area contributed by atoms with E-state index in [2.05, 4.69) is 4.98 Å². The fraction of sp³-hybridized carbons (Fsp3) is 0.182. The fourth-order valence-corrected chi connectivity index (χ4v) is 1.54. The molecule has 1 N–H and O–H groups in total. The maximum atomic E-state index is 9.02. The first-order valence-corrected chi connectivity index (χ1v) is 4.97. The first-order chi connectivity index (χ1) is 7.20. The molecular formula is C11H11ClN2O. The van der Waals surface area contributed by atoms with E-state index in [1.807, 2.05) is 42.1 Å². The number of benzene rings is 1. The van der Waals surface area contributed by atoms with Crippen LogP contribution >= 0.6 is 11.6 Å². The van der Waals surface area contributed by atoms with Gasteiger partial charge >= 0.3 is 0 Å². The lowest BCUT2D eigenvalue weighted by atomic mass is 10.2. The molecule has 0 aliphatic rings. The molecule has 0 aliphatic carbocycles. The predicted octanol–water partition coefficient (Wildman–Crippen LogP) is 2.23. The van der Waals surface area contributed by atoms with Gasteiger partial charge in [0.1, 0.15) is 12.4 Å². The van der Waals surface area contributed by atoms with Crippen molar-refractivity contribution in [3.05, 3.63) is 41.3 Å². The predicted molar refractivity (Wildman–Crippen MR) is 59.6 cm³/mol.